The first-order chi connectivity index (χ1) is 16.2. The first-order valence-electron chi connectivity index (χ1n) is 11.8. The van der Waals surface area contributed by atoms with Gasteiger partial charge >= 0.3 is 0 Å². The molecule has 2 aromatic carbocycles. The number of unbranched alkanes of at least 4 members (excludes halogenated alkanes) is 1. The summed E-state index contributed by atoms with van der Waals surface area (Å²) in [5.74, 6) is 1.90. The van der Waals surface area contributed by atoms with Crippen LogP contribution in [-0.2, 0) is 13.0 Å². The summed E-state index contributed by atoms with van der Waals surface area (Å²) in [5.41, 5.74) is 4.83. The zero-order valence-electron chi connectivity index (χ0n) is 18.9. The molecule has 0 saturated heterocycles. The Morgan fingerprint density at radius 1 is 1.12 bits per heavy atom. The summed E-state index contributed by atoms with van der Waals surface area (Å²) in [6.45, 7) is 2.97. The molecule has 168 valence electrons. The largest absolute Gasteiger partial charge is 0.296 e. The van der Waals surface area contributed by atoms with E-state index in [0.717, 1.165) is 59.4 Å². The quantitative estimate of drug-likeness (QED) is 0.448. The number of aromatic amines is 1. The van der Waals surface area contributed by atoms with E-state index in [0.29, 0.717) is 18.2 Å². The molecular weight excluding hydrogens is 412 g/mol. The molecule has 1 aliphatic rings. The highest BCUT2D eigenvalue weighted by molar-refractivity contribution is 5.80. The second-order valence-corrected chi connectivity index (χ2v) is 8.74. The lowest BCUT2D eigenvalue weighted by molar-refractivity contribution is 0.398. The van der Waals surface area contributed by atoms with E-state index in [9.17, 15) is 4.79 Å². The van der Waals surface area contributed by atoms with Crippen LogP contribution in [-0.4, -0.2) is 30.2 Å². The first-order valence-corrected chi connectivity index (χ1v) is 11.8. The number of hydrogen-bond donors (Lipinski definition) is 1. The van der Waals surface area contributed by atoms with Gasteiger partial charge in [0.25, 0.3) is 5.56 Å². The Hall–Kier alpha value is -3.61. The van der Waals surface area contributed by atoms with E-state index < -0.39 is 0 Å². The lowest BCUT2D eigenvalue weighted by Crippen LogP contribution is -2.32. The summed E-state index contributed by atoms with van der Waals surface area (Å²) in [4.78, 5) is 18.1. The third kappa shape index (κ3) is 4.35. The number of hydrogen-bond acceptors (Lipinski definition) is 5. The normalized spacial score (nSPS) is 15.4. The maximum absolute atomic E-state index is 13.3. The molecule has 1 N–H and O–H groups in total. The van der Waals surface area contributed by atoms with Crippen LogP contribution in [0, 0.1) is 0 Å². The van der Waals surface area contributed by atoms with E-state index in [2.05, 4.69) is 57.9 Å². The molecule has 0 amide bonds. The molecule has 0 aliphatic carbocycles. The Morgan fingerprint density at radius 2 is 2.00 bits per heavy atom. The van der Waals surface area contributed by atoms with Gasteiger partial charge < -0.3 is 0 Å². The zero-order chi connectivity index (χ0) is 22.6. The van der Waals surface area contributed by atoms with Crippen LogP contribution >= 0.6 is 0 Å². The van der Waals surface area contributed by atoms with E-state index in [1.165, 1.54) is 12.8 Å². The molecule has 0 saturated carbocycles. The number of fused-ring (bicyclic) bond motifs is 1. The molecule has 1 unspecified atom stereocenters. The molecule has 5 rings (SSSR count). The molecule has 1 atom stereocenters. The number of rotatable bonds is 7. The summed E-state index contributed by atoms with van der Waals surface area (Å²) in [7, 11) is 0. The molecule has 7 heteroatoms. The van der Waals surface area contributed by atoms with Crippen molar-refractivity contribution in [2.75, 3.05) is 0 Å². The van der Waals surface area contributed by atoms with Gasteiger partial charge in [0.05, 0.1) is 0 Å². The maximum atomic E-state index is 13.3. The van der Waals surface area contributed by atoms with Crippen molar-refractivity contribution < 1.29 is 0 Å². The van der Waals surface area contributed by atoms with Gasteiger partial charge in [0.2, 0.25) is 5.82 Å². The number of nitrogens with one attached hydrogen (secondary N) is 1. The minimum absolute atomic E-state index is 0.0921. The Kier molecular flexibility index (Phi) is 6.11. The molecule has 0 fully saturated rings. The van der Waals surface area contributed by atoms with Crippen LogP contribution in [0.15, 0.2) is 59.5 Å². The van der Waals surface area contributed by atoms with Crippen LogP contribution in [0.3, 0.4) is 0 Å². The van der Waals surface area contributed by atoms with Crippen molar-refractivity contribution in [3.05, 3.63) is 82.0 Å². The van der Waals surface area contributed by atoms with Crippen molar-refractivity contribution in [1.29, 1.82) is 0 Å². The molecule has 1 aliphatic heterocycles. The second kappa shape index (κ2) is 9.48. The number of nitrogens with zero attached hydrogens (tertiary/aromatic N) is 5. The van der Waals surface area contributed by atoms with Gasteiger partial charge in [-0.1, -0.05) is 62.2 Å². The molecule has 0 bridgehead atoms. The molecular formula is C26H28N6O. The average Bonchev–Trinajstić information content (AvgIpc) is 3.40. The summed E-state index contributed by atoms with van der Waals surface area (Å²) in [6, 6.07) is 16.3. The smallest absolute Gasteiger partial charge is 0.257 e. The fraction of sp³-hybridized carbons (Fsp3) is 0.346. The summed E-state index contributed by atoms with van der Waals surface area (Å²) in [5, 5.41) is 14.7. The minimum atomic E-state index is 0.0921. The van der Waals surface area contributed by atoms with Crippen molar-refractivity contribution in [2.45, 2.75) is 57.9 Å². The van der Waals surface area contributed by atoms with Crippen molar-refractivity contribution in [2.24, 2.45) is 0 Å². The molecule has 2 aromatic heterocycles. The van der Waals surface area contributed by atoms with Crippen molar-refractivity contribution in [1.82, 2.24) is 30.2 Å². The van der Waals surface area contributed by atoms with E-state index in [-0.39, 0.29) is 5.56 Å². The fourth-order valence-corrected chi connectivity index (χ4v) is 4.81. The van der Waals surface area contributed by atoms with Crippen molar-refractivity contribution in [3.8, 4) is 22.5 Å². The summed E-state index contributed by atoms with van der Waals surface area (Å²) in [6.07, 6.45) is 7.93. The van der Waals surface area contributed by atoms with Gasteiger partial charge in [0.1, 0.15) is 5.82 Å². The molecule has 7 nitrogen and oxygen atoms in total. The Labute approximate surface area is 192 Å². The molecule has 33 heavy (non-hydrogen) atoms. The summed E-state index contributed by atoms with van der Waals surface area (Å²) >= 11 is 0. The number of aromatic nitrogens is 6. The van der Waals surface area contributed by atoms with Gasteiger partial charge in [-0.25, -0.2) is 4.98 Å². The standard InChI is InChI=1S/C26H28N6O/c1-2-3-8-20-11-7-14-32-25(20)27-17-21(26(32)33)15-18-12-13-22(19-9-5-4-6-10-19)23(16-18)24-28-30-31-29-24/h4-6,9-10,12-13,16-17,20H,2-3,7-8,11,14-15H2,1H3,(H,28,29,30,31). The van der Waals surface area contributed by atoms with Gasteiger partial charge in [-0.2, -0.15) is 5.21 Å². The first kappa shape index (κ1) is 21.2. The number of tetrazole rings is 1. The Morgan fingerprint density at radius 3 is 2.79 bits per heavy atom. The lowest BCUT2D eigenvalue weighted by atomic mass is 9.92. The number of H-pyrrole nitrogens is 1. The predicted molar refractivity (Wildman–Crippen MR) is 128 cm³/mol. The molecule has 0 radical (unpaired) electrons. The maximum Gasteiger partial charge on any atom is 0.257 e. The minimum Gasteiger partial charge on any atom is -0.296 e. The predicted octanol–water partition coefficient (Wildman–Crippen LogP) is 4.75. The van der Waals surface area contributed by atoms with Gasteiger partial charge in [-0.05, 0) is 47.2 Å². The Balaban J connectivity index is 1.49. The van der Waals surface area contributed by atoms with Crippen LogP contribution < -0.4 is 5.56 Å². The third-order valence-corrected chi connectivity index (χ3v) is 6.50. The highest BCUT2D eigenvalue weighted by Crippen LogP contribution is 2.32. The van der Waals surface area contributed by atoms with E-state index in [1.807, 2.05) is 22.8 Å². The van der Waals surface area contributed by atoms with Gasteiger partial charge in [0, 0.05) is 36.2 Å². The van der Waals surface area contributed by atoms with Gasteiger partial charge in [-0.15, -0.1) is 10.2 Å². The van der Waals surface area contributed by atoms with Crippen LogP contribution in [0.4, 0.5) is 0 Å². The summed E-state index contributed by atoms with van der Waals surface area (Å²) < 4.78 is 1.91. The molecule has 4 aromatic rings. The van der Waals surface area contributed by atoms with Crippen LogP contribution in [0.2, 0.25) is 0 Å². The van der Waals surface area contributed by atoms with Gasteiger partial charge in [-0.3, -0.25) is 9.36 Å². The lowest BCUT2D eigenvalue weighted by Gasteiger charge is -2.26. The van der Waals surface area contributed by atoms with Crippen LogP contribution in [0.5, 0.6) is 0 Å². The molecule has 3 heterocycles. The molecule has 0 spiro atoms. The number of benzene rings is 2. The van der Waals surface area contributed by atoms with E-state index in [4.69, 9.17) is 4.98 Å². The highest BCUT2D eigenvalue weighted by atomic mass is 16.1. The topological polar surface area (TPSA) is 89.3 Å². The monoisotopic (exact) mass is 440 g/mol. The average molecular weight is 441 g/mol. The SMILES string of the molecule is CCCCC1CCCn2c1ncc(Cc1ccc(-c3ccccc3)c(-c3nn[nH]n3)c1)c2=O. The van der Waals surface area contributed by atoms with Gasteiger partial charge in [0.15, 0.2) is 0 Å². The van der Waals surface area contributed by atoms with Crippen molar-refractivity contribution in [3.63, 3.8) is 0 Å². The van der Waals surface area contributed by atoms with E-state index in [1.54, 1.807) is 6.20 Å². The zero-order valence-corrected chi connectivity index (χ0v) is 18.9. The Bertz CT molecular complexity index is 1280. The van der Waals surface area contributed by atoms with Crippen LogP contribution in [0.25, 0.3) is 22.5 Å². The van der Waals surface area contributed by atoms with E-state index >= 15 is 0 Å². The fourth-order valence-electron chi connectivity index (χ4n) is 4.81. The van der Waals surface area contributed by atoms with Crippen molar-refractivity contribution >= 4 is 0 Å². The second-order valence-electron chi connectivity index (χ2n) is 8.74. The van der Waals surface area contributed by atoms with Crippen LogP contribution in [0.1, 0.15) is 61.9 Å². The third-order valence-electron chi connectivity index (χ3n) is 6.50. The highest BCUT2D eigenvalue weighted by Gasteiger charge is 2.23.